The van der Waals surface area contributed by atoms with E-state index in [2.05, 4.69) is 5.32 Å². The van der Waals surface area contributed by atoms with Gasteiger partial charge in [0.2, 0.25) is 0 Å². The lowest BCUT2D eigenvalue weighted by atomic mass is 10.2. The lowest BCUT2D eigenvalue weighted by molar-refractivity contribution is -0.141. The van der Waals surface area contributed by atoms with Crippen LogP contribution in [0.3, 0.4) is 0 Å². The molecule has 0 saturated carbocycles. The van der Waals surface area contributed by atoms with Crippen LogP contribution in [0.5, 0.6) is 0 Å². The molecule has 1 aliphatic heterocycles. The quantitative estimate of drug-likeness (QED) is 0.869. The number of thioether (sulfide) groups is 1. The van der Waals surface area contributed by atoms with Gasteiger partial charge in [-0.3, -0.25) is 19.3 Å². The Labute approximate surface area is 113 Å². The molecular weight excluding hydrogens is 268 g/mol. The van der Waals surface area contributed by atoms with Gasteiger partial charge in [0.25, 0.3) is 11.1 Å². The summed E-state index contributed by atoms with van der Waals surface area (Å²) in [4.78, 5) is 34.7. The zero-order valence-corrected chi connectivity index (χ0v) is 10.9. The van der Waals surface area contributed by atoms with E-state index in [4.69, 9.17) is 5.11 Å². The van der Waals surface area contributed by atoms with Crippen LogP contribution >= 0.6 is 11.8 Å². The molecule has 2 amide bonds. The minimum Gasteiger partial charge on any atom is -0.480 e. The summed E-state index contributed by atoms with van der Waals surface area (Å²) in [6.07, 6.45) is 0. The highest BCUT2D eigenvalue weighted by Crippen LogP contribution is 2.27. The third-order valence-electron chi connectivity index (χ3n) is 2.57. The van der Waals surface area contributed by atoms with E-state index in [1.54, 1.807) is 12.1 Å². The van der Waals surface area contributed by atoms with Crippen molar-refractivity contribution >= 4 is 34.6 Å². The molecule has 1 saturated heterocycles. The van der Waals surface area contributed by atoms with Crippen LogP contribution in [0.4, 0.5) is 10.5 Å². The molecule has 1 aromatic rings. The van der Waals surface area contributed by atoms with Crippen molar-refractivity contribution in [1.29, 1.82) is 0 Å². The van der Waals surface area contributed by atoms with Crippen LogP contribution < -0.4 is 5.32 Å². The first-order valence-electron chi connectivity index (χ1n) is 5.54. The number of carboxylic acid groups (broad SMARTS) is 1. The van der Waals surface area contributed by atoms with E-state index in [1.807, 2.05) is 19.1 Å². The van der Waals surface area contributed by atoms with E-state index in [0.29, 0.717) is 5.69 Å². The molecule has 7 heteroatoms. The largest absolute Gasteiger partial charge is 0.480 e. The van der Waals surface area contributed by atoms with Crippen molar-refractivity contribution in [2.45, 2.75) is 12.3 Å². The smallest absolute Gasteiger partial charge is 0.323 e. The molecule has 0 aliphatic carbocycles. The second-order valence-electron chi connectivity index (χ2n) is 4.09. The van der Waals surface area contributed by atoms with Crippen LogP contribution in [0.15, 0.2) is 24.3 Å². The Hall–Kier alpha value is -2.02. The Balaban J connectivity index is 2.06. The number of anilines is 1. The summed E-state index contributed by atoms with van der Waals surface area (Å²) >= 11 is 0.786. The molecule has 1 fully saturated rings. The normalized spacial score (nSPS) is 18.8. The molecule has 2 rings (SSSR count). The van der Waals surface area contributed by atoms with Gasteiger partial charge in [-0.25, -0.2) is 0 Å². The fraction of sp³-hybridized carbons (Fsp3) is 0.250. The number of benzene rings is 1. The van der Waals surface area contributed by atoms with Crippen LogP contribution in [0.1, 0.15) is 5.56 Å². The zero-order valence-electron chi connectivity index (χ0n) is 10.1. The van der Waals surface area contributed by atoms with Gasteiger partial charge in [0.1, 0.15) is 6.54 Å². The summed E-state index contributed by atoms with van der Waals surface area (Å²) in [7, 11) is 0. The maximum atomic E-state index is 11.9. The van der Waals surface area contributed by atoms with Crippen molar-refractivity contribution in [3.05, 3.63) is 29.8 Å². The van der Waals surface area contributed by atoms with Crippen LogP contribution in [0.2, 0.25) is 0 Å². The minimum atomic E-state index is -1.21. The van der Waals surface area contributed by atoms with E-state index in [0.717, 1.165) is 22.2 Å². The predicted molar refractivity (Wildman–Crippen MR) is 70.9 cm³/mol. The Kier molecular flexibility index (Phi) is 3.75. The minimum absolute atomic E-state index is 0.530. The molecule has 1 heterocycles. The highest BCUT2D eigenvalue weighted by Gasteiger charge is 2.40. The summed E-state index contributed by atoms with van der Waals surface area (Å²) in [5, 5.41) is 10.2. The molecule has 0 spiro atoms. The summed E-state index contributed by atoms with van der Waals surface area (Å²) in [5.74, 6) is -1.74. The lowest BCUT2D eigenvalue weighted by Crippen LogP contribution is -2.37. The van der Waals surface area contributed by atoms with Crippen molar-refractivity contribution < 1.29 is 19.5 Å². The SMILES string of the molecule is Cc1ccc(N[C@@H]2SC(=O)N(CC(=O)O)C2=O)cc1. The Morgan fingerprint density at radius 2 is 2.00 bits per heavy atom. The molecule has 1 aromatic carbocycles. The van der Waals surface area contributed by atoms with E-state index in [1.165, 1.54) is 0 Å². The first-order valence-corrected chi connectivity index (χ1v) is 6.42. The number of hydrogen-bond donors (Lipinski definition) is 2. The van der Waals surface area contributed by atoms with Crippen molar-refractivity contribution in [1.82, 2.24) is 4.90 Å². The first kappa shape index (κ1) is 13.4. The standard InChI is InChI=1S/C12H12N2O4S/c1-7-2-4-8(5-3-7)13-10-11(17)14(6-9(15)16)12(18)19-10/h2-5,10,13H,6H2,1H3,(H,15,16)/t10-/m1/s1. The van der Waals surface area contributed by atoms with Crippen molar-refractivity contribution in [2.24, 2.45) is 0 Å². The average molecular weight is 280 g/mol. The Morgan fingerprint density at radius 3 is 2.58 bits per heavy atom. The van der Waals surface area contributed by atoms with Crippen molar-refractivity contribution in [3.63, 3.8) is 0 Å². The number of carboxylic acids is 1. The molecule has 0 radical (unpaired) electrons. The van der Waals surface area contributed by atoms with Crippen LogP contribution in [-0.2, 0) is 9.59 Å². The molecule has 0 aromatic heterocycles. The molecule has 2 N–H and O–H groups in total. The maximum Gasteiger partial charge on any atom is 0.323 e. The molecule has 100 valence electrons. The van der Waals surface area contributed by atoms with Gasteiger partial charge in [-0.2, -0.15) is 0 Å². The molecule has 1 atom stereocenters. The summed E-state index contributed by atoms with van der Waals surface area (Å²) in [5.41, 5.74) is 1.79. The fourth-order valence-electron chi connectivity index (χ4n) is 1.62. The monoisotopic (exact) mass is 280 g/mol. The van der Waals surface area contributed by atoms with E-state index in [-0.39, 0.29) is 0 Å². The number of aliphatic carboxylic acids is 1. The molecule has 0 unspecified atom stereocenters. The average Bonchev–Trinajstić information content (AvgIpc) is 2.60. The Bertz CT molecular complexity index is 529. The second-order valence-corrected chi connectivity index (χ2v) is 5.15. The fourth-order valence-corrected chi connectivity index (χ4v) is 2.52. The van der Waals surface area contributed by atoms with E-state index in [9.17, 15) is 14.4 Å². The molecule has 1 aliphatic rings. The summed E-state index contributed by atoms with van der Waals surface area (Å²) in [6.45, 7) is 1.34. The van der Waals surface area contributed by atoms with Gasteiger partial charge in [-0.15, -0.1) is 0 Å². The van der Waals surface area contributed by atoms with Crippen molar-refractivity contribution in [3.8, 4) is 0 Å². The molecule has 19 heavy (non-hydrogen) atoms. The third-order valence-corrected chi connectivity index (χ3v) is 3.55. The predicted octanol–water partition coefficient (Wildman–Crippen LogP) is 1.51. The number of hydrogen-bond acceptors (Lipinski definition) is 5. The van der Waals surface area contributed by atoms with Gasteiger partial charge in [0.05, 0.1) is 0 Å². The van der Waals surface area contributed by atoms with Gasteiger partial charge >= 0.3 is 5.97 Å². The molecule has 6 nitrogen and oxygen atoms in total. The van der Waals surface area contributed by atoms with Crippen LogP contribution in [-0.4, -0.2) is 39.0 Å². The lowest BCUT2D eigenvalue weighted by Gasteiger charge is -2.12. The number of imide groups is 1. The van der Waals surface area contributed by atoms with Gasteiger partial charge in [0, 0.05) is 5.69 Å². The topological polar surface area (TPSA) is 86.7 Å². The summed E-state index contributed by atoms with van der Waals surface area (Å²) < 4.78 is 0. The first-order chi connectivity index (χ1) is 8.97. The van der Waals surface area contributed by atoms with Crippen molar-refractivity contribution in [2.75, 3.05) is 11.9 Å². The molecular formula is C12H12N2O4S. The van der Waals surface area contributed by atoms with E-state index >= 15 is 0 Å². The van der Waals surface area contributed by atoms with Gasteiger partial charge in [0.15, 0.2) is 5.37 Å². The van der Waals surface area contributed by atoms with Crippen LogP contribution in [0, 0.1) is 6.92 Å². The maximum absolute atomic E-state index is 11.9. The summed E-state index contributed by atoms with van der Waals surface area (Å²) in [6, 6.07) is 7.35. The second kappa shape index (κ2) is 5.31. The number of carbonyl (C=O) groups excluding carboxylic acids is 2. The Morgan fingerprint density at radius 1 is 1.37 bits per heavy atom. The molecule has 0 bridgehead atoms. The number of amides is 2. The van der Waals surface area contributed by atoms with Gasteiger partial charge < -0.3 is 10.4 Å². The number of carbonyl (C=O) groups is 3. The number of rotatable bonds is 4. The number of nitrogens with one attached hydrogen (secondary N) is 1. The van der Waals surface area contributed by atoms with Gasteiger partial charge in [-0.05, 0) is 30.8 Å². The highest BCUT2D eigenvalue weighted by molar-refractivity contribution is 8.15. The zero-order chi connectivity index (χ0) is 14.0. The number of aryl methyl sites for hydroxylation is 1. The van der Waals surface area contributed by atoms with E-state index < -0.39 is 29.0 Å². The highest BCUT2D eigenvalue weighted by atomic mass is 32.2. The number of nitrogens with zero attached hydrogens (tertiary/aromatic N) is 1. The third kappa shape index (κ3) is 3.05. The van der Waals surface area contributed by atoms with Crippen LogP contribution in [0.25, 0.3) is 0 Å². The van der Waals surface area contributed by atoms with Gasteiger partial charge in [-0.1, -0.05) is 17.7 Å².